The number of methoxy groups -OCH3 is 2. The molecule has 1 aliphatic heterocycles. The zero-order valence-electron chi connectivity index (χ0n) is 25.0. The number of hydrogen-bond donors (Lipinski definition) is 1. The van der Waals surface area contributed by atoms with Gasteiger partial charge in [0, 0.05) is 17.2 Å². The van der Waals surface area contributed by atoms with E-state index in [-0.39, 0.29) is 23.3 Å². The fraction of sp³-hybridized carbons (Fsp3) is 0.273. The van der Waals surface area contributed by atoms with Crippen LogP contribution in [0.4, 0.5) is 0 Å². The lowest BCUT2D eigenvalue weighted by atomic mass is 9.93. The quantitative estimate of drug-likeness (QED) is 0.250. The number of allylic oxidation sites excluding steroid dienone is 1. The summed E-state index contributed by atoms with van der Waals surface area (Å²) < 4.78 is 24.6. The summed E-state index contributed by atoms with van der Waals surface area (Å²) in [7, 11) is 3.07. The highest BCUT2D eigenvalue weighted by atomic mass is 32.1. The number of aromatic nitrogens is 1. The molecule has 0 spiro atoms. The van der Waals surface area contributed by atoms with Crippen LogP contribution < -0.4 is 24.4 Å². The van der Waals surface area contributed by atoms with Gasteiger partial charge in [0.25, 0.3) is 5.56 Å². The average molecular weight is 617 g/mol. The lowest BCUT2D eigenvalue weighted by Crippen LogP contribution is -2.40. The number of carbonyl (C=O) groups excluding carboxylic acids is 1. The van der Waals surface area contributed by atoms with E-state index in [4.69, 9.17) is 23.6 Å². The number of ether oxygens (including phenoxy) is 3. The van der Waals surface area contributed by atoms with Crippen LogP contribution in [0.5, 0.6) is 11.5 Å². The van der Waals surface area contributed by atoms with Gasteiger partial charge in [0.2, 0.25) is 0 Å². The van der Waals surface area contributed by atoms with Gasteiger partial charge in [-0.1, -0.05) is 30.7 Å². The minimum atomic E-state index is -1.01. The highest BCUT2D eigenvalue weighted by molar-refractivity contribution is 7.07. The van der Waals surface area contributed by atoms with Crippen LogP contribution in [0.25, 0.3) is 17.4 Å². The first-order valence-corrected chi connectivity index (χ1v) is 14.9. The lowest BCUT2D eigenvalue weighted by Gasteiger charge is -2.27. The highest BCUT2D eigenvalue weighted by Crippen LogP contribution is 2.38. The van der Waals surface area contributed by atoms with Gasteiger partial charge in [0.15, 0.2) is 4.80 Å². The maximum absolute atomic E-state index is 14.1. The molecule has 0 bridgehead atoms. The van der Waals surface area contributed by atoms with Crippen LogP contribution in [0.3, 0.4) is 0 Å². The molecule has 0 unspecified atom stereocenters. The molecule has 2 aromatic carbocycles. The summed E-state index contributed by atoms with van der Waals surface area (Å²) in [5, 5.41) is 9.29. The fourth-order valence-electron chi connectivity index (χ4n) is 5.25. The van der Waals surface area contributed by atoms with E-state index >= 15 is 0 Å². The zero-order chi connectivity index (χ0) is 31.5. The van der Waals surface area contributed by atoms with Gasteiger partial charge in [-0.05, 0) is 68.3 Å². The number of aromatic carboxylic acids is 1. The first kappa shape index (κ1) is 30.6. The highest BCUT2D eigenvalue weighted by Gasteiger charge is 2.36. The van der Waals surface area contributed by atoms with E-state index in [1.807, 2.05) is 13.8 Å². The van der Waals surface area contributed by atoms with Crippen LogP contribution in [0, 0.1) is 6.92 Å². The van der Waals surface area contributed by atoms with E-state index in [9.17, 15) is 19.5 Å². The van der Waals surface area contributed by atoms with Crippen molar-refractivity contribution in [3.63, 3.8) is 0 Å². The predicted molar refractivity (Wildman–Crippen MR) is 165 cm³/mol. The third-order valence-corrected chi connectivity index (χ3v) is 8.25. The number of carbonyl (C=O) groups is 2. The summed E-state index contributed by atoms with van der Waals surface area (Å²) in [6.07, 6.45) is 2.87. The van der Waals surface area contributed by atoms with Crippen molar-refractivity contribution in [2.45, 2.75) is 39.7 Å². The van der Waals surface area contributed by atoms with Crippen LogP contribution in [0.1, 0.15) is 60.0 Å². The number of aryl methyl sites for hydroxylation is 1. The normalized spacial score (nSPS) is 14.7. The van der Waals surface area contributed by atoms with Crippen LogP contribution in [-0.2, 0) is 9.53 Å². The van der Waals surface area contributed by atoms with Crippen LogP contribution in [0.2, 0.25) is 0 Å². The Balaban J connectivity index is 1.69. The van der Waals surface area contributed by atoms with Crippen LogP contribution in [0.15, 0.2) is 74.0 Å². The third-order valence-electron chi connectivity index (χ3n) is 7.26. The summed E-state index contributed by atoms with van der Waals surface area (Å²) in [6, 6.07) is 12.7. The van der Waals surface area contributed by atoms with E-state index in [1.165, 1.54) is 29.1 Å². The minimum Gasteiger partial charge on any atom is -0.497 e. The van der Waals surface area contributed by atoms with E-state index in [0.717, 1.165) is 17.5 Å². The van der Waals surface area contributed by atoms with Gasteiger partial charge in [0.1, 0.15) is 29.1 Å². The molecule has 1 N–H and O–H groups in total. The Labute approximate surface area is 257 Å². The number of rotatable bonds is 10. The van der Waals surface area contributed by atoms with Crippen molar-refractivity contribution in [1.82, 2.24) is 4.57 Å². The molecule has 10 nitrogen and oxygen atoms in total. The molecule has 0 saturated heterocycles. The SMILES string of the molecule is CCCC1=C(C(=O)OCC)[C@H](c2cc(OC)ccc2OC)n2c(s/c(=C\c3ccc(-c4ccc(C(=O)O)cc4C)o3)c2=O)=N1. The Hall–Kier alpha value is -4.90. The minimum absolute atomic E-state index is 0.160. The van der Waals surface area contributed by atoms with Crippen molar-refractivity contribution in [2.75, 3.05) is 20.8 Å². The largest absolute Gasteiger partial charge is 0.497 e. The zero-order valence-corrected chi connectivity index (χ0v) is 25.8. The van der Waals surface area contributed by atoms with Gasteiger partial charge in [-0.3, -0.25) is 9.36 Å². The number of carboxylic acid groups (broad SMARTS) is 1. The molecule has 44 heavy (non-hydrogen) atoms. The molecule has 0 fully saturated rings. The Kier molecular flexibility index (Phi) is 8.86. The van der Waals surface area contributed by atoms with E-state index in [0.29, 0.717) is 50.0 Å². The predicted octanol–water partition coefficient (Wildman–Crippen LogP) is 4.86. The van der Waals surface area contributed by atoms with Crippen LogP contribution >= 0.6 is 11.3 Å². The Morgan fingerprint density at radius 2 is 1.89 bits per heavy atom. The summed E-state index contributed by atoms with van der Waals surface area (Å²) >= 11 is 1.19. The average Bonchev–Trinajstić information content (AvgIpc) is 3.60. The van der Waals surface area contributed by atoms with E-state index in [2.05, 4.69) is 0 Å². The van der Waals surface area contributed by atoms with Crippen molar-refractivity contribution in [2.24, 2.45) is 4.99 Å². The molecule has 0 amide bonds. The number of thiazole rings is 1. The number of nitrogens with zero attached hydrogens (tertiary/aromatic N) is 2. The van der Waals surface area contributed by atoms with E-state index < -0.39 is 18.0 Å². The summed E-state index contributed by atoms with van der Waals surface area (Å²) in [5.74, 6) is 0.421. The second-order valence-corrected chi connectivity index (χ2v) is 11.1. The molecular weight excluding hydrogens is 584 g/mol. The second-order valence-electron chi connectivity index (χ2n) is 10.1. The first-order chi connectivity index (χ1) is 21.2. The van der Waals surface area contributed by atoms with Crippen molar-refractivity contribution in [3.05, 3.63) is 102 Å². The van der Waals surface area contributed by atoms with Crippen molar-refractivity contribution in [3.8, 4) is 22.8 Å². The summed E-state index contributed by atoms with van der Waals surface area (Å²) in [5.41, 5.74) is 2.70. The van der Waals surface area contributed by atoms with Gasteiger partial charge in [-0.2, -0.15) is 0 Å². The number of hydrogen-bond acceptors (Lipinski definition) is 9. The molecular formula is C33H32N2O8S. The Morgan fingerprint density at radius 1 is 1.09 bits per heavy atom. The van der Waals surface area contributed by atoms with Crippen molar-refractivity contribution < 1.29 is 33.3 Å². The molecule has 4 aromatic rings. The van der Waals surface area contributed by atoms with Gasteiger partial charge < -0.3 is 23.7 Å². The molecule has 5 rings (SSSR count). The molecule has 228 valence electrons. The molecule has 3 heterocycles. The Morgan fingerprint density at radius 3 is 2.55 bits per heavy atom. The maximum atomic E-state index is 14.1. The van der Waals surface area contributed by atoms with E-state index in [1.54, 1.807) is 62.6 Å². The number of fused-ring (bicyclic) bond motifs is 1. The van der Waals surface area contributed by atoms with Gasteiger partial charge in [-0.25, -0.2) is 14.6 Å². The number of furan rings is 1. The fourth-order valence-corrected chi connectivity index (χ4v) is 6.25. The third kappa shape index (κ3) is 5.70. The van der Waals surface area contributed by atoms with Crippen molar-refractivity contribution in [1.29, 1.82) is 0 Å². The number of esters is 1. The molecule has 1 atom stereocenters. The topological polar surface area (TPSA) is 130 Å². The lowest BCUT2D eigenvalue weighted by molar-refractivity contribution is -0.139. The molecule has 0 saturated carbocycles. The molecule has 0 radical (unpaired) electrons. The maximum Gasteiger partial charge on any atom is 0.338 e. The van der Waals surface area contributed by atoms with Crippen LogP contribution in [-0.4, -0.2) is 42.4 Å². The molecule has 1 aliphatic rings. The number of carboxylic acids is 1. The van der Waals surface area contributed by atoms with Gasteiger partial charge >= 0.3 is 11.9 Å². The smallest absolute Gasteiger partial charge is 0.338 e. The summed E-state index contributed by atoms with van der Waals surface area (Å²) in [4.78, 5) is 44.2. The number of benzene rings is 2. The standard InChI is InChI=1S/C33H32N2O8S/c1-6-8-24-28(32(39)42-7-2)29(23-16-20(40-4)10-13-25(23)41-5)35-30(36)27(44-33(35)34-24)17-21-11-14-26(43-21)22-12-9-19(31(37)38)15-18(22)3/h9-17,29H,6-8H2,1-5H3,(H,37,38)/b27-17-/t29-/m0/s1. The molecule has 0 aliphatic carbocycles. The van der Waals surface area contributed by atoms with Gasteiger partial charge in [0.05, 0.1) is 42.2 Å². The van der Waals surface area contributed by atoms with Crippen molar-refractivity contribution >= 4 is 29.4 Å². The molecule has 2 aromatic heterocycles. The second kappa shape index (κ2) is 12.8. The molecule has 11 heteroatoms. The summed E-state index contributed by atoms with van der Waals surface area (Å²) in [6.45, 7) is 5.69. The van der Waals surface area contributed by atoms with Gasteiger partial charge in [-0.15, -0.1) is 0 Å². The monoisotopic (exact) mass is 616 g/mol. The Bertz CT molecular complexity index is 1960. The first-order valence-electron chi connectivity index (χ1n) is 14.1.